The molecule has 2 aromatic rings. The highest BCUT2D eigenvalue weighted by Gasteiger charge is 2.24. The highest BCUT2D eigenvalue weighted by molar-refractivity contribution is 6.12. The molecule has 5 heteroatoms. The average Bonchev–Trinajstić information content (AvgIpc) is 2.96. The third kappa shape index (κ3) is 3.13. The van der Waals surface area contributed by atoms with Gasteiger partial charge in [-0.15, -0.1) is 0 Å². The number of pyridine rings is 1. The predicted octanol–water partition coefficient (Wildman–Crippen LogP) is 3.00. The first kappa shape index (κ1) is 15.0. The number of nitrogens with zero attached hydrogens (tertiary/aromatic N) is 2. The van der Waals surface area contributed by atoms with Gasteiger partial charge in [0.25, 0.3) is 0 Å². The molecule has 0 N–H and O–H groups in total. The molecule has 0 radical (unpaired) electrons. The topological polar surface area (TPSA) is 60.8 Å². The van der Waals surface area contributed by atoms with Crippen molar-refractivity contribution in [2.24, 2.45) is 4.99 Å². The Morgan fingerprint density at radius 2 is 2.13 bits per heavy atom. The van der Waals surface area contributed by atoms with Gasteiger partial charge >= 0.3 is 5.97 Å². The third-order valence-corrected chi connectivity index (χ3v) is 3.49. The second-order valence-electron chi connectivity index (χ2n) is 4.98. The van der Waals surface area contributed by atoms with Gasteiger partial charge in [-0.05, 0) is 47.9 Å². The number of aliphatic imine (C=N–C) groups is 1. The number of aromatic nitrogens is 1. The van der Waals surface area contributed by atoms with Crippen LogP contribution in [0.5, 0.6) is 5.75 Å². The monoisotopic (exact) mass is 308 g/mol. The van der Waals surface area contributed by atoms with Gasteiger partial charge in [0.2, 0.25) is 5.90 Å². The maximum Gasteiger partial charge on any atom is 0.363 e. The molecule has 1 aliphatic heterocycles. The Balaban J connectivity index is 1.93. The summed E-state index contributed by atoms with van der Waals surface area (Å²) < 4.78 is 10.5. The van der Waals surface area contributed by atoms with Gasteiger partial charge in [0.15, 0.2) is 5.70 Å². The van der Waals surface area contributed by atoms with Crippen LogP contribution in [-0.4, -0.2) is 24.0 Å². The lowest BCUT2D eigenvalue weighted by Gasteiger charge is -2.07. The van der Waals surface area contributed by atoms with Crippen LogP contribution in [0.1, 0.15) is 23.7 Å². The molecular formula is C18H16N2O3. The fourth-order valence-electron chi connectivity index (χ4n) is 2.33. The minimum Gasteiger partial charge on any atom is -0.496 e. The van der Waals surface area contributed by atoms with Crippen LogP contribution in [0.2, 0.25) is 0 Å². The first-order valence-corrected chi connectivity index (χ1v) is 7.32. The summed E-state index contributed by atoms with van der Waals surface area (Å²) in [6.07, 6.45) is 4.17. The molecule has 1 aromatic carbocycles. The van der Waals surface area contributed by atoms with E-state index in [2.05, 4.69) is 16.9 Å². The molecule has 0 saturated carbocycles. The van der Waals surface area contributed by atoms with Crippen molar-refractivity contribution in [1.82, 2.24) is 4.98 Å². The van der Waals surface area contributed by atoms with E-state index in [1.807, 2.05) is 24.3 Å². The summed E-state index contributed by atoms with van der Waals surface area (Å²) in [4.78, 5) is 20.4. The largest absolute Gasteiger partial charge is 0.496 e. The van der Waals surface area contributed by atoms with Crippen LogP contribution in [0.25, 0.3) is 6.08 Å². The Morgan fingerprint density at radius 3 is 2.83 bits per heavy atom. The van der Waals surface area contributed by atoms with Gasteiger partial charge < -0.3 is 9.47 Å². The van der Waals surface area contributed by atoms with Gasteiger partial charge in [-0.25, -0.2) is 9.79 Å². The summed E-state index contributed by atoms with van der Waals surface area (Å²) in [6.45, 7) is 2.05. The molecule has 0 spiro atoms. The number of hydrogen-bond donors (Lipinski definition) is 0. The first-order valence-electron chi connectivity index (χ1n) is 7.32. The van der Waals surface area contributed by atoms with Crippen molar-refractivity contribution in [1.29, 1.82) is 0 Å². The number of cyclic esters (lactones) is 1. The van der Waals surface area contributed by atoms with E-state index >= 15 is 0 Å². The van der Waals surface area contributed by atoms with Crippen LogP contribution in [0.15, 0.2) is 53.3 Å². The highest BCUT2D eigenvalue weighted by atomic mass is 16.6. The van der Waals surface area contributed by atoms with Gasteiger partial charge in [0.1, 0.15) is 11.4 Å². The van der Waals surface area contributed by atoms with Crippen molar-refractivity contribution in [2.45, 2.75) is 13.3 Å². The van der Waals surface area contributed by atoms with E-state index in [1.165, 1.54) is 0 Å². The molecule has 1 aromatic heterocycles. The second kappa shape index (κ2) is 6.44. The number of rotatable bonds is 4. The fraction of sp³-hybridized carbons (Fsp3) is 0.167. The summed E-state index contributed by atoms with van der Waals surface area (Å²) in [7, 11) is 1.64. The van der Waals surface area contributed by atoms with Crippen molar-refractivity contribution in [3.05, 3.63) is 65.1 Å². The number of esters is 1. The molecule has 0 amide bonds. The minimum absolute atomic E-state index is 0.228. The Morgan fingerprint density at radius 1 is 1.26 bits per heavy atom. The number of hydrogen-bond acceptors (Lipinski definition) is 5. The zero-order chi connectivity index (χ0) is 16.2. The van der Waals surface area contributed by atoms with Crippen LogP contribution in [0.3, 0.4) is 0 Å². The summed E-state index contributed by atoms with van der Waals surface area (Å²) in [5, 5.41) is 0. The Bertz CT molecular complexity index is 795. The Kier molecular flexibility index (Phi) is 4.19. The van der Waals surface area contributed by atoms with Crippen LogP contribution in [0.4, 0.5) is 0 Å². The lowest BCUT2D eigenvalue weighted by atomic mass is 10.1. The molecule has 116 valence electrons. The van der Waals surface area contributed by atoms with E-state index < -0.39 is 5.97 Å². The van der Waals surface area contributed by atoms with E-state index in [-0.39, 0.29) is 11.6 Å². The molecule has 5 nitrogen and oxygen atoms in total. The summed E-state index contributed by atoms with van der Waals surface area (Å²) >= 11 is 0. The van der Waals surface area contributed by atoms with E-state index in [0.717, 1.165) is 23.3 Å². The Hall–Kier alpha value is -2.95. The zero-order valence-electron chi connectivity index (χ0n) is 12.9. The van der Waals surface area contributed by atoms with Gasteiger partial charge in [-0.3, -0.25) is 4.98 Å². The Labute approximate surface area is 134 Å². The molecule has 0 bridgehead atoms. The maximum absolute atomic E-state index is 12.0. The molecule has 3 rings (SSSR count). The fourth-order valence-corrected chi connectivity index (χ4v) is 2.33. The molecule has 0 unspecified atom stereocenters. The minimum atomic E-state index is -0.473. The van der Waals surface area contributed by atoms with E-state index in [1.54, 1.807) is 31.5 Å². The lowest BCUT2D eigenvalue weighted by molar-refractivity contribution is -0.129. The molecular weight excluding hydrogens is 292 g/mol. The smallest absolute Gasteiger partial charge is 0.363 e. The van der Waals surface area contributed by atoms with Crippen molar-refractivity contribution < 1.29 is 14.3 Å². The maximum atomic E-state index is 12.0. The normalized spacial score (nSPS) is 15.5. The van der Waals surface area contributed by atoms with E-state index in [9.17, 15) is 4.79 Å². The average molecular weight is 308 g/mol. The molecule has 23 heavy (non-hydrogen) atoms. The van der Waals surface area contributed by atoms with Crippen molar-refractivity contribution in [2.75, 3.05) is 7.11 Å². The van der Waals surface area contributed by atoms with E-state index in [4.69, 9.17) is 9.47 Å². The number of ether oxygens (including phenoxy) is 2. The van der Waals surface area contributed by atoms with Crippen molar-refractivity contribution in [3.8, 4) is 5.75 Å². The number of carbonyl (C=O) groups excluding carboxylic acids is 1. The van der Waals surface area contributed by atoms with Gasteiger partial charge in [-0.2, -0.15) is 0 Å². The molecule has 1 aliphatic rings. The SMILES string of the molecule is CCc1cc(/C=C2/N=C(c3ccccn3)OC2=O)ccc1OC. The number of methoxy groups -OCH3 is 1. The van der Waals surface area contributed by atoms with Crippen LogP contribution in [-0.2, 0) is 16.0 Å². The standard InChI is InChI=1S/C18H16N2O3/c1-3-13-10-12(7-8-16(13)22-2)11-15-18(21)23-17(20-15)14-6-4-5-9-19-14/h4-11H,3H2,1-2H3/b15-11+. The summed E-state index contributed by atoms with van der Waals surface area (Å²) in [5.74, 6) is 0.590. The van der Waals surface area contributed by atoms with Crippen LogP contribution in [0, 0.1) is 0 Å². The predicted molar refractivity (Wildman–Crippen MR) is 87.2 cm³/mol. The van der Waals surface area contributed by atoms with Gasteiger partial charge in [-0.1, -0.05) is 19.1 Å². The van der Waals surface area contributed by atoms with Gasteiger partial charge in [0.05, 0.1) is 7.11 Å². The zero-order valence-corrected chi connectivity index (χ0v) is 12.9. The quantitative estimate of drug-likeness (QED) is 0.643. The van der Waals surface area contributed by atoms with Crippen LogP contribution >= 0.6 is 0 Å². The summed E-state index contributed by atoms with van der Waals surface area (Å²) in [5.41, 5.74) is 2.74. The number of carbonyl (C=O) groups is 1. The molecule has 0 atom stereocenters. The number of benzene rings is 1. The lowest BCUT2D eigenvalue weighted by Crippen LogP contribution is -2.06. The van der Waals surface area contributed by atoms with Gasteiger partial charge in [0, 0.05) is 6.20 Å². The second-order valence-corrected chi connectivity index (χ2v) is 4.98. The first-order chi connectivity index (χ1) is 11.2. The highest BCUT2D eigenvalue weighted by Crippen LogP contribution is 2.23. The molecule has 2 heterocycles. The molecule has 0 fully saturated rings. The van der Waals surface area contributed by atoms with Crippen molar-refractivity contribution >= 4 is 17.9 Å². The van der Waals surface area contributed by atoms with E-state index in [0.29, 0.717) is 5.69 Å². The molecule has 0 saturated heterocycles. The molecule has 0 aliphatic carbocycles. The summed E-state index contributed by atoms with van der Waals surface area (Å²) in [6, 6.07) is 11.1. The van der Waals surface area contributed by atoms with Crippen LogP contribution < -0.4 is 4.74 Å². The van der Waals surface area contributed by atoms with Crippen molar-refractivity contribution in [3.63, 3.8) is 0 Å². The third-order valence-electron chi connectivity index (χ3n) is 3.49. The number of aryl methyl sites for hydroxylation is 1.